The molecule has 0 aromatic carbocycles. The Bertz CT molecular complexity index is 901. The van der Waals surface area contributed by atoms with E-state index < -0.39 is 0 Å². The molecule has 24 heavy (non-hydrogen) atoms. The molecule has 0 aliphatic carbocycles. The van der Waals surface area contributed by atoms with E-state index >= 15 is 0 Å². The van der Waals surface area contributed by atoms with Gasteiger partial charge in [0.1, 0.15) is 11.8 Å². The molecule has 1 aliphatic rings. The Morgan fingerprint density at radius 3 is 3.00 bits per heavy atom. The molecule has 0 amide bonds. The second kappa shape index (κ2) is 5.70. The van der Waals surface area contributed by atoms with Crippen LogP contribution in [0.15, 0.2) is 16.8 Å². The summed E-state index contributed by atoms with van der Waals surface area (Å²) in [5, 5.41) is 4.26. The first-order valence-electron chi connectivity index (χ1n) is 8.51. The molecule has 0 unspecified atom stereocenters. The van der Waals surface area contributed by atoms with Gasteiger partial charge in [-0.25, -0.2) is 15.0 Å². The minimum Gasteiger partial charge on any atom is -0.432 e. The quantitative estimate of drug-likeness (QED) is 0.735. The van der Waals surface area contributed by atoms with Gasteiger partial charge in [0.15, 0.2) is 11.4 Å². The number of furan rings is 1. The molecule has 1 N–H and O–H groups in total. The lowest BCUT2D eigenvalue weighted by atomic mass is 9.95. The average molecular weight is 326 g/mol. The zero-order chi connectivity index (χ0) is 16.7. The summed E-state index contributed by atoms with van der Waals surface area (Å²) in [5.74, 6) is 0.737. The Labute approximate surface area is 140 Å². The highest BCUT2D eigenvalue weighted by atomic mass is 16.5. The van der Waals surface area contributed by atoms with E-state index in [9.17, 15) is 0 Å². The summed E-state index contributed by atoms with van der Waals surface area (Å²) in [5.41, 5.74) is 4.08. The number of pyridine rings is 1. The molecule has 4 heterocycles. The second-order valence-corrected chi connectivity index (χ2v) is 6.95. The molecule has 0 bridgehead atoms. The zero-order valence-electron chi connectivity index (χ0n) is 14.3. The predicted molar refractivity (Wildman–Crippen MR) is 93.1 cm³/mol. The van der Waals surface area contributed by atoms with Crippen molar-refractivity contribution in [3.8, 4) is 0 Å². The minimum absolute atomic E-state index is 0.188. The van der Waals surface area contributed by atoms with E-state index in [-0.39, 0.29) is 5.60 Å². The maximum Gasteiger partial charge on any atom is 0.229 e. The number of nitrogens with zero attached hydrogens (tertiary/aromatic N) is 3. The van der Waals surface area contributed by atoms with Crippen LogP contribution in [0.5, 0.6) is 0 Å². The fourth-order valence-electron chi connectivity index (χ4n) is 3.10. The zero-order valence-corrected chi connectivity index (χ0v) is 14.3. The van der Waals surface area contributed by atoms with Gasteiger partial charge in [-0.15, -0.1) is 0 Å². The lowest BCUT2D eigenvalue weighted by Gasteiger charge is -2.30. The molecule has 0 saturated carbocycles. The van der Waals surface area contributed by atoms with Crippen molar-refractivity contribution < 1.29 is 9.15 Å². The van der Waals surface area contributed by atoms with E-state index in [1.807, 2.05) is 0 Å². The number of rotatable bonds is 4. The van der Waals surface area contributed by atoms with Crippen molar-refractivity contribution in [1.82, 2.24) is 15.0 Å². The summed E-state index contributed by atoms with van der Waals surface area (Å²) in [6.45, 7) is 7.77. The van der Waals surface area contributed by atoms with Crippen LogP contribution in [-0.2, 0) is 17.8 Å². The molecule has 3 aromatic rings. The molecule has 6 nitrogen and oxygen atoms in total. The molecule has 0 atom stereocenters. The van der Waals surface area contributed by atoms with Crippen molar-refractivity contribution in [3.63, 3.8) is 0 Å². The van der Waals surface area contributed by atoms with Crippen molar-refractivity contribution in [2.45, 2.75) is 52.2 Å². The van der Waals surface area contributed by atoms with E-state index in [4.69, 9.17) is 14.1 Å². The van der Waals surface area contributed by atoms with Crippen molar-refractivity contribution in [1.29, 1.82) is 0 Å². The number of ether oxygens (including phenoxy) is 1. The fourth-order valence-corrected chi connectivity index (χ4v) is 3.10. The number of nitrogens with one attached hydrogen (secondary N) is 1. The molecular formula is C18H22N4O2. The minimum atomic E-state index is -0.188. The first kappa shape index (κ1) is 15.3. The largest absolute Gasteiger partial charge is 0.432 e. The summed E-state index contributed by atoms with van der Waals surface area (Å²) in [7, 11) is 0. The van der Waals surface area contributed by atoms with Gasteiger partial charge in [-0.3, -0.25) is 0 Å². The Morgan fingerprint density at radius 1 is 1.29 bits per heavy atom. The summed E-state index contributed by atoms with van der Waals surface area (Å²) >= 11 is 0. The molecular weight excluding hydrogens is 304 g/mol. The summed E-state index contributed by atoms with van der Waals surface area (Å²) in [4.78, 5) is 13.5. The van der Waals surface area contributed by atoms with Crippen molar-refractivity contribution >= 4 is 28.0 Å². The van der Waals surface area contributed by atoms with Crippen LogP contribution in [0, 0.1) is 0 Å². The highest BCUT2D eigenvalue weighted by molar-refractivity contribution is 6.04. The Balaban J connectivity index is 1.81. The number of aromatic nitrogens is 3. The van der Waals surface area contributed by atoms with Gasteiger partial charge in [0.2, 0.25) is 5.71 Å². The first-order chi connectivity index (χ1) is 11.6. The molecule has 0 radical (unpaired) electrons. The van der Waals surface area contributed by atoms with Gasteiger partial charge in [0, 0.05) is 18.5 Å². The maximum atomic E-state index is 6.01. The first-order valence-corrected chi connectivity index (χ1v) is 8.51. The number of hydrogen-bond acceptors (Lipinski definition) is 6. The van der Waals surface area contributed by atoms with E-state index in [0.29, 0.717) is 17.9 Å². The third-order valence-electron chi connectivity index (χ3n) is 4.45. The van der Waals surface area contributed by atoms with Crippen LogP contribution >= 0.6 is 0 Å². The average Bonchev–Trinajstić information content (AvgIpc) is 2.90. The topological polar surface area (TPSA) is 73.1 Å². The number of hydrogen-bond donors (Lipinski definition) is 1. The molecule has 0 saturated heterocycles. The third-order valence-corrected chi connectivity index (χ3v) is 4.45. The van der Waals surface area contributed by atoms with Gasteiger partial charge in [-0.05, 0) is 26.3 Å². The predicted octanol–water partition coefficient (Wildman–Crippen LogP) is 3.83. The van der Waals surface area contributed by atoms with Gasteiger partial charge >= 0.3 is 0 Å². The van der Waals surface area contributed by atoms with Gasteiger partial charge in [0.05, 0.1) is 23.3 Å². The van der Waals surface area contributed by atoms with Crippen LogP contribution in [0.3, 0.4) is 0 Å². The van der Waals surface area contributed by atoms with Crippen LogP contribution in [0.1, 0.15) is 44.9 Å². The third kappa shape index (κ3) is 2.60. The number of anilines is 1. The van der Waals surface area contributed by atoms with Crippen molar-refractivity contribution in [3.05, 3.63) is 23.7 Å². The van der Waals surface area contributed by atoms with Crippen LogP contribution in [0.2, 0.25) is 0 Å². The molecule has 0 fully saturated rings. The molecule has 0 spiro atoms. The van der Waals surface area contributed by atoms with E-state index in [1.165, 1.54) is 0 Å². The highest BCUT2D eigenvalue weighted by Gasteiger charge is 2.28. The Kier molecular flexibility index (Phi) is 3.64. The van der Waals surface area contributed by atoms with Gasteiger partial charge in [-0.1, -0.05) is 13.3 Å². The van der Waals surface area contributed by atoms with Gasteiger partial charge < -0.3 is 14.5 Å². The Morgan fingerprint density at radius 2 is 2.17 bits per heavy atom. The smallest absolute Gasteiger partial charge is 0.229 e. The standard InChI is InChI=1S/C18H22N4O2/c1-4-5-6-19-16-15-14(20-10-21-16)12-7-11-9-23-18(2,3)8-13(11)22-17(12)24-15/h7,10H,4-6,8-9H2,1-3H3,(H,19,20,21). The number of fused-ring (bicyclic) bond motifs is 4. The molecule has 126 valence electrons. The van der Waals surface area contributed by atoms with Crippen LogP contribution in [0.4, 0.5) is 5.82 Å². The molecule has 3 aromatic heterocycles. The van der Waals surface area contributed by atoms with Crippen molar-refractivity contribution in [2.24, 2.45) is 0 Å². The lowest BCUT2D eigenvalue weighted by molar-refractivity contribution is -0.0411. The van der Waals surface area contributed by atoms with E-state index in [1.54, 1.807) is 6.33 Å². The molecule has 6 heteroatoms. The SMILES string of the molecule is CCCCNc1ncnc2c1oc1nc3c(cc12)COC(C)(C)C3. The van der Waals surface area contributed by atoms with Crippen molar-refractivity contribution in [2.75, 3.05) is 11.9 Å². The number of unbranched alkanes of at least 4 members (excludes halogenated alkanes) is 1. The van der Waals surface area contributed by atoms with Crippen LogP contribution < -0.4 is 5.32 Å². The second-order valence-electron chi connectivity index (χ2n) is 6.95. The van der Waals surface area contributed by atoms with Crippen LogP contribution in [0.25, 0.3) is 22.2 Å². The van der Waals surface area contributed by atoms with Gasteiger partial charge in [-0.2, -0.15) is 0 Å². The molecule has 1 aliphatic heterocycles. The Hall–Kier alpha value is -2.21. The summed E-state index contributed by atoms with van der Waals surface area (Å²) in [6, 6.07) is 2.10. The van der Waals surface area contributed by atoms with E-state index in [2.05, 4.69) is 42.1 Å². The molecule has 4 rings (SSSR count). The van der Waals surface area contributed by atoms with E-state index in [0.717, 1.165) is 53.8 Å². The highest BCUT2D eigenvalue weighted by Crippen LogP contribution is 2.34. The van der Waals surface area contributed by atoms with Crippen LogP contribution in [-0.4, -0.2) is 27.1 Å². The normalized spacial score (nSPS) is 16.5. The monoisotopic (exact) mass is 326 g/mol. The summed E-state index contributed by atoms with van der Waals surface area (Å²) < 4.78 is 11.9. The lowest BCUT2D eigenvalue weighted by Crippen LogP contribution is -2.32. The fraction of sp³-hybridized carbons (Fsp3) is 0.500. The summed E-state index contributed by atoms with van der Waals surface area (Å²) in [6.07, 6.45) is 4.57. The maximum absolute atomic E-state index is 6.01. The van der Waals surface area contributed by atoms with Gasteiger partial charge in [0.25, 0.3) is 0 Å².